The Balaban J connectivity index is 1.71. The van der Waals surface area contributed by atoms with E-state index in [2.05, 4.69) is 19.2 Å². The Morgan fingerprint density at radius 1 is 1.25 bits per heavy atom. The smallest absolute Gasteiger partial charge is 0.258 e. The number of hydrogen-bond acceptors (Lipinski definition) is 3. The number of carbonyl (C=O) groups excluding carboxylic acids is 1. The molecule has 20 heavy (non-hydrogen) atoms. The highest BCUT2D eigenvalue weighted by Gasteiger charge is 2.28. The van der Waals surface area contributed by atoms with Gasteiger partial charge in [0.2, 0.25) is 0 Å². The standard InChI is InChI=1S/C16H23NO3/c1-3-10-19-14-6-8-15(9-7-14)20-11-16(18)17-12(2)13-4-5-13/h6-9,12-13H,3-5,10-11H2,1-2H3,(H,17,18). The third-order valence-electron chi connectivity index (χ3n) is 3.38. The average Bonchev–Trinajstić information content (AvgIpc) is 3.28. The Morgan fingerprint density at radius 3 is 2.40 bits per heavy atom. The highest BCUT2D eigenvalue weighted by molar-refractivity contribution is 5.77. The van der Waals surface area contributed by atoms with E-state index < -0.39 is 0 Å². The van der Waals surface area contributed by atoms with Crippen molar-refractivity contribution in [2.75, 3.05) is 13.2 Å². The highest BCUT2D eigenvalue weighted by Crippen LogP contribution is 2.32. The summed E-state index contributed by atoms with van der Waals surface area (Å²) in [5, 5.41) is 2.96. The molecule has 1 amide bonds. The van der Waals surface area contributed by atoms with E-state index in [0.717, 1.165) is 12.2 Å². The Bertz CT molecular complexity index is 426. The van der Waals surface area contributed by atoms with Gasteiger partial charge in [-0.15, -0.1) is 0 Å². The Hall–Kier alpha value is -1.71. The molecule has 1 N–H and O–H groups in total. The minimum absolute atomic E-state index is 0.0595. The van der Waals surface area contributed by atoms with Crippen LogP contribution in [0, 0.1) is 5.92 Å². The van der Waals surface area contributed by atoms with Gasteiger partial charge in [0.1, 0.15) is 11.5 Å². The second-order valence-electron chi connectivity index (χ2n) is 5.30. The van der Waals surface area contributed by atoms with Crippen molar-refractivity contribution in [2.45, 2.75) is 39.2 Å². The zero-order chi connectivity index (χ0) is 14.4. The molecule has 110 valence electrons. The van der Waals surface area contributed by atoms with E-state index >= 15 is 0 Å². The summed E-state index contributed by atoms with van der Waals surface area (Å²) in [4.78, 5) is 11.7. The van der Waals surface area contributed by atoms with Gasteiger partial charge < -0.3 is 14.8 Å². The van der Waals surface area contributed by atoms with Crippen molar-refractivity contribution in [3.63, 3.8) is 0 Å². The van der Waals surface area contributed by atoms with Gasteiger partial charge in [-0.2, -0.15) is 0 Å². The van der Waals surface area contributed by atoms with Crippen molar-refractivity contribution >= 4 is 5.91 Å². The molecule has 1 atom stereocenters. The number of amides is 1. The van der Waals surface area contributed by atoms with Crippen LogP contribution in [0.3, 0.4) is 0 Å². The van der Waals surface area contributed by atoms with Crippen LogP contribution in [0.25, 0.3) is 0 Å². The van der Waals surface area contributed by atoms with E-state index in [4.69, 9.17) is 9.47 Å². The molecule has 1 aromatic rings. The lowest BCUT2D eigenvalue weighted by molar-refractivity contribution is -0.123. The van der Waals surface area contributed by atoms with Crippen molar-refractivity contribution in [2.24, 2.45) is 5.92 Å². The number of carbonyl (C=O) groups is 1. The van der Waals surface area contributed by atoms with Gasteiger partial charge in [0, 0.05) is 6.04 Å². The van der Waals surface area contributed by atoms with Crippen LogP contribution >= 0.6 is 0 Å². The predicted molar refractivity (Wildman–Crippen MR) is 78.1 cm³/mol. The van der Waals surface area contributed by atoms with Gasteiger partial charge in [-0.25, -0.2) is 0 Å². The van der Waals surface area contributed by atoms with Crippen molar-refractivity contribution in [3.05, 3.63) is 24.3 Å². The molecule has 1 saturated carbocycles. The van der Waals surface area contributed by atoms with E-state index in [1.165, 1.54) is 12.8 Å². The first-order chi connectivity index (χ1) is 9.69. The molecule has 0 aromatic heterocycles. The van der Waals surface area contributed by atoms with E-state index in [-0.39, 0.29) is 18.6 Å². The van der Waals surface area contributed by atoms with Crippen LogP contribution in [0.1, 0.15) is 33.1 Å². The first-order valence-corrected chi connectivity index (χ1v) is 7.34. The average molecular weight is 277 g/mol. The fraction of sp³-hybridized carbons (Fsp3) is 0.562. The van der Waals surface area contributed by atoms with Crippen LogP contribution in [0.5, 0.6) is 11.5 Å². The molecule has 1 aliphatic rings. The number of ether oxygens (including phenoxy) is 2. The van der Waals surface area contributed by atoms with Gasteiger partial charge in [0.15, 0.2) is 6.61 Å². The van der Waals surface area contributed by atoms with Gasteiger partial charge in [-0.1, -0.05) is 6.92 Å². The van der Waals surface area contributed by atoms with Crippen molar-refractivity contribution in [1.29, 1.82) is 0 Å². The van der Waals surface area contributed by atoms with Crippen molar-refractivity contribution in [1.82, 2.24) is 5.32 Å². The molecule has 1 fully saturated rings. The topological polar surface area (TPSA) is 47.6 Å². The molecule has 0 bridgehead atoms. The molecule has 4 nitrogen and oxygen atoms in total. The zero-order valence-corrected chi connectivity index (χ0v) is 12.2. The lowest BCUT2D eigenvalue weighted by Gasteiger charge is -2.13. The maximum absolute atomic E-state index is 11.7. The van der Waals surface area contributed by atoms with Crippen molar-refractivity contribution < 1.29 is 14.3 Å². The largest absolute Gasteiger partial charge is 0.494 e. The van der Waals surface area contributed by atoms with Gasteiger partial charge >= 0.3 is 0 Å². The van der Waals surface area contributed by atoms with Crippen LogP contribution < -0.4 is 14.8 Å². The molecule has 4 heteroatoms. The summed E-state index contributed by atoms with van der Waals surface area (Å²) >= 11 is 0. The van der Waals surface area contributed by atoms with E-state index in [1.807, 2.05) is 24.3 Å². The monoisotopic (exact) mass is 277 g/mol. The van der Waals surface area contributed by atoms with Crippen LogP contribution in [0.4, 0.5) is 0 Å². The Kier molecular flexibility index (Phi) is 5.27. The predicted octanol–water partition coefficient (Wildman–Crippen LogP) is 2.77. The second-order valence-corrected chi connectivity index (χ2v) is 5.30. The van der Waals surface area contributed by atoms with Crippen LogP contribution in [-0.4, -0.2) is 25.2 Å². The molecule has 0 aliphatic heterocycles. The third kappa shape index (κ3) is 4.76. The minimum Gasteiger partial charge on any atom is -0.494 e. The molecular formula is C16H23NO3. The quantitative estimate of drug-likeness (QED) is 0.795. The first-order valence-electron chi connectivity index (χ1n) is 7.34. The number of hydrogen-bond donors (Lipinski definition) is 1. The number of rotatable bonds is 8. The molecule has 1 aliphatic carbocycles. The second kappa shape index (κ2) is 7.17. The van der Waals surface area contributed by atoms with Crippen molar-refractivity contribution in [3.8, 4) is 11.5 Å². The van der Waals surface area contributed by atoms with Crippen LogP contribution in [0.2, 0.25) is 0 Å². The normalized spacial score (nSPS) is 15.5. The molecule has 1 unspecified atom stereocenters. The fourth-order valence-electron chi connectivity index (χ4n) is 2.01. The summed E-state index contributed by atoms with van der Waals surface area (Å²) in [6.07, 6.45) is 3.43. The Morgan fingerprint density at radius 2 is 1.85 bits per heavy atom. The third-order valence-corrected chi connectivity index (χ3v) is 3.38. The molecular weight excluding hydrogens is 254 g/mol. The molecule has 0 radical (unpaired) electrons. The van der Waals surface area contributed by atoms with E-state index in [9.17, 15) is 4.79 Å². The maximum Gasteiger partial charge on any atom is 0.258 e. The highest BCUT2D eigenvalue weighted by atomic mass is 16.5. The summed E-state index contributed by atoms with van der Waals surface area (Å²) in [6, 6.07) is 7.62. The molecule has 0 saturated heterocycles. The summed E-state index contributed by atoms with van der Waals surface area (Å²) in [6.45, 7) is 4.89. The summed E-state index contributed by atoms with van der Waals surface area (Å²) < 4.78 is 10.9. The number of benzene rings is 1. The molecule has 2 rings (SSSR count). The van der Waals surface area contributed by atoms with Gasteiger partial charge in [-0.05, 0) is 56.4 Å². The lowest BCUT2D eigenvalue weighted by Crippen LogP contribution is -2.37. The van der Waals surface area contributed by atoms with Gasteiger partial charge in [-0.3, -0.25) is 4.79 Å². The summed E-state index contributed by atoms with van der Waals surface area (Å²) in [7, 11) is 0. The fourth-order valence-corrected chi connectivity index (χ4v) is 2.01. The van der Waals surface area contributed by atoms with Gasteiger partial charge in [0.25, 0.3) is 5.91 Å². The maximum atomic E-state index is 11.7. The molecule has 1 aromatic carbocycles. The number of nitrogens with one attached hydrogen (secondary N) is 1. The molecule has 0 heterocycles. The lowest BCUT2D eigenvalue weighted by atomic mass is 10.2. The van der Waals surface area contributed by atoms with Gasteiger partial charge in [0.05, 0.1) is 6.61 Å². The van der Waals surface area contributed by atoms with Crippen LogP contribution in [-0.2, 0) is 4.79 Å². The summed E-state index contributed by atoms with van der Waals surface area (Å²) in [5.74, 6) is 2.11. The van der Waals surface area contributed by atoms with E-state index in [1.54, 1.807) is 0 Å². The molecule has 0 spiro atoms. The SMILES string of the molecule is CCCOc1ccc(OCC(=O)NC(C)C2CC2)cc1. The van der Waals surface area contributed by atoms with Crippen LogP contribution in [0.15, 0.2) is 24.3 Å². The summed E-state index contributed by atoms with van der Waals surface area (Å²) in [5.41, 5.74) is 0. The first kappa shape index (κ1) is 14.7. The Labute approximate surface area is 120 Å². The minimum atomic E-state index is -0.0595. The van der Waals surface area contributed by atoms with E-state index in [0.29, 0.717) is 18.3 Å². The zero-order valence-electron chi connectivity index (χ0n) is 12.2.